The van der Waals surface area contributed by atoms with Crippen molar-refractivity contribution in [3.05, 3.63) is 95.5 Å². The van der Waals surface area contributed by atoms with Crippen LogP contribution in [-0.4, -0.2) is 33.9 Å². The van der Waals surface area contributed by atoms with Gasteiger partial charge in [0, 0.05) is 36.9 Å². The van der Waals surface area contributed by atoms with Gasteiger partial charge in [0.2, 0.25) is 11.8 Å². The molecular formula is C26H30AlF2LiN4O2. The van der Waals surface area contributed by atoms with Crippen molar-refractivity contribution in [3.63, 3.8) is 0 Å². The van der Waals surface area contributed by atoms with E-state index in [9.17, 15) is 8.78 Å². The molecule has 4 aromatic rings. The fraction of sp³-hybridized carbons (Fsp3) is 0.269. The average Bonchev–Trinajstić information content (AvgIpc) is 3.52. The molecular weight excluding hydrogens is 472 g/mol. The van der Waals surface area contributed by atoms with Crippen LogP contribution in [0.15, 0.2) is 69.9 Å². The second kappa shape index (κ2) is 13.0. The fourth-order valence-corrected chi connectivity index (χ4v) is 2.75. The van der Waals surface area contributed by atoms with Crippen LogP contribution in [-0.2, 0) is 11.0 Å². The second-order valence-corrected chi connectivity index (χ2v) is 8.85. The summed E-state index contributed by atoms with van der Waals surface area (Å²) in [6.45, 7) is 15.1. The van der Waals surface area contributed by atoms with Gasteiger partial charge < -0.3 is 20.8 Å². The van der Waals surface area contributed by atoms with E-state index in [1.165, 1.54) is 30.5 Å². The van der Waals surface area contributed by atoms with Crippen LogP contribution in [0.25, 0.3) is 27.8 Å². The molecule has 6 nitrogen and oxygen atoms in total. The van der Waals surface area contributed by atoms with E-state index < -0.39 is 5.54 Å². The van der Waals surface area contributed by atoms with E-state index in [4.69, 9.17) is 21.1 Å². The Hall–Kier alpha value is -2.70. The van der Waals surface area contributed by atoms with Crippen molar-refractivity contribution in [2.45, 2.75) is 38.6 Å². The Morgan fingerprint density at radius 2 is 1.22 bits per heavy atom. The summed E-state index contributed by atoms with van der Waals surface area (Å²) in [6, 6.07) is 11.9. The van der Waals surface area contributed by atoms with Crippen molar-refractivity contribution in [1.29, 1.82) is 0 Å². The largest absolute Gasteiger partial charge is 1.00 e. The summed E-state index contributed by atoms with van der Waals surface area (Å²) in [5.74, 6) is 0.308. The first kappa shape index (κ1) is 31.3. The molecule has 2 heterocycles. The molecule has 0 aliphatic carbocycles. The smallest absolute Gasteiger partial charge is 1.00 e. The predicted molar refractivity (Wildman–Crippen MR) is 137 cm³/mol. The number of benzene rings is 2. The van der Waals surface area contributed by atoms with Crippen molar-refractivity contribution in [2.75, 3.05) is 6.54 Å². The number of halogens is 2. The summed E-state index contributed by atoms with van der Waals surface area (Å²) in [7, 11) is 0. The Kier molecular flexibility index (Phi) is 11.3. The Labute approximate surface area is 233 Å². The number of rotatable bonds is 5. The molecule has 10 heteroatoms. The molecule has 184 valence electrons. The minimum atomic E-state index is -0.707. The summed E-state index contributed by atoms with van der Waals surface area (Å²) < 4.78 is 36.2. The van der Waals surface area contributed by atoms with Crippen molar-refractivity contribution in [3.8, 4) is 22.9 Å². The Bertz CT molecular complexity index is 1290. The molecule has 4 rings (SSSR count). The molecule has 2 aromatic carbocycles. The van der Waals surface area contributed by atoms with E-state index in [1.807, 2.05) is 13.8 Å². The van der Waals surface area contributed by atoms with Gasteiger partial charge in [0.15, 0.2) is 23.1 Å². The summed E-state index contributed by atoms with van der Waals surface area (Å²) >= 11 is 0. The third-order valence-electron chi connectivity index (χ3n) is 5.30. The molecule has 0 saturated heterocycles. The summed E-state index contributed by atoms with van der Waals surface area (Å²) in [5, 5.41) is 0. The minimum Gasteiger partial charge on any atom is -1.00 e. The van der Waals surface area contributed by atoms with Crippen LogP contribution < -0.4 is 24.6 Å². The number of aromatic nitrogens is 2. The maximum absolute atomic E-state index is 12.8. The molecule has 0 fully saturated rings. The SMILES string of the molecule is CC(C)(CN)c1coc(-c2ccc(F)cc2)n1.[AlH3].[C-]#[N+]C(C)(C)c1coc(-c2ccc(F)cc2)n1.[H-].[Li+]. The van der Waals surface area contributed by atoms with Crippen LogP contribution in [0.1, 0.15) is 40.5 Å². The Balaban J connectivity index is 0.000000648. The summed E-state index contributed by atoms with van der Waals surface area (Å²) in [5.41, 5.74) is 7.58. The Morgan fingerprint density at radius 3 is 1.61 bits per heavy atom. The van der Waals surface area contributed by atoms with Gasteiger partial charge in [-0.2, -0.15) is 0 Å². The predicted octanol–water partition coefficient (Wildman–Crippen LogP) is 2.28. The van der Waals surface area contributed by atoms with Gasteiger partial charge in [-0.1, -0.05) is 13.8 Å². The van der Waals surface area contributed by atoms with Crippen LogP contribution in [0.4, 0.5) is 8.78 Å². The molecule has 0 amide bonds. The van der Waals surface area contributed by atoms with Crippen LogP contribution in [0, 0.1) is 18.2 Å². The number of hydrogen-bond acceptors (Lipinski definition) is 5. The zero-order valence-corrected chi connectivity index (χ0v) is 20.5. The van der Waals surface area contributed by atoms with E-state index in [0.717, 1.165) is 11.3 Å². The first-order valence-corrected chi connectivity index (χ1v) is 10.6. The van der Waals surface area contributed by atoms with Gasteiger partial charge >= 0.3 is 18.9 Å². The van der Waals surface area contributed by atoms with Gasteiger partial charge in [0.05, 0.1) is 5.69 Å². The molecule has 0 atom stereocenters. The minimum absolute atomic E-state index is 0. The van der Waals surface area contributed by atoms with E-state index in [2.05, 4.69) is 14.8 Å². The van der Waals surface area contributed by atoms with Crippen molar-refractivity contribution in [2.24, 2.45) is 5.73 Å². The molecule has 36 heavy (non-hydrogen) atoms. The third kappa shape index (κ3) is 7.65. The van der Waals surface area contributed by atoms with Gasteiger partial charge in [-0.25, -0.2) is 25.3 Å². The average molecular weight is 502 g/mol. The fourth-order valence-electron chi connectivity index (χ4n) is 2.75. The van der Waals surface area contributed by atoms with Gasteiger partial charge in [-0.15, -0.1) is 0 Å². The van der Waals surface area contributed by atoms with Gasteiger partial charge in [0.25, 0.3) is 5.54 Å². The van der Waals surface area contributed by atoms with Gasteiger partial charge in [0.1, 0.15) is 24.2 Å². The number of hydrogen-bond donors (Lipinski definition) is 1. The maximum atomic E-state index is 12.8. The zero-order valence-electron chi connectivity index (χ0n) is 21.5. The number of nitrogens with two attached hydrogens (primary N) is 1. The second-order valence-electron chi connectivity index (χ2n) is 8.85. The van der Waals surface area contributed by atoms with Gasteiger partial charge in [-0.3, -0.25) is 0 Å². The van der Waals surface area contributed by atoms with Crippen LogP contribution in [0.3, 0.4) is 0 Å². The zero-order chi connectivity index (χ0) is 24.9. The monoisotopic (exact) mass is 502 g/mol. The molecule has 2 aromatic heterocycles. The third-order valence-corrected chi connectivity index (χ3v) is 5.30. The molecule has 0 aliphatic heterocycles. The van der Waals surface area contributed by atoms with E-state index in [-0.39, 0.29) is 54.7 Å². The topological polar surface area (TPSA) is 82.4 Å². The molecule has 0 spiro atoms. The van der Waals surface area contributed by atoms with Crippen LogP contribution in [0.2, 0.25) is 0 Å². The van der Waals surface area contributed by atoms with Gasteiger partial charge in [-0.05, 0) is 48.5 Å². The van der Waals surface area contributed by atoms with Crippen LogP contribution in [0.5, 0.6) is 0 Å². The summed E-state index contributed by atoms with van der Waals surface area (Å²) in [4.78, 5) is 12.1. The number of nitrogens with zero attached hydrogens (tertiary/aromatic N) is 3. The van der Waals surface area contributed by atoms with Crippen LogP contribution >= 0.6 is 0 Å². The van der Waals surface area contributed by atoms with E-state index in [0.29, 0.717) is 29.6 Å². The maximum Gasteiger partial charge on any atom is 1.00 e. The van der Waals surface area contributed by atoms with Crippen molar-refractivity contribution < 1.29 is 37.9 Å². The Morgan fingerprint density at radius 1 is 0.833 bits per heavy atom. The normalized spacial score (nSPS) is 10.8. The van der Waals surface area contributed by atoms with E-state index in [1.54, 1.807) is 44.4 Å². The van der Waals surface area contributed by atoms with Crippen molar-refractivity contribution in [1.82, 2.24) is 9.97 Å². The molecule has 0 unspecified atom stereocenters. The molecule has 2 N–H and O–H groups in total. The van der Waals surface area contributed by atoms with E-state index >= 15 is 0 Å². The molecule has 0 radical (unpaired) electrons. The first-order valence-electron chi connectivity index (χ1n) is 10.6. The molecule has 0 bridgehead atoms. The quantitative estimate of drug-likeness (QED) is 0.335. The number of oxazole rings is 2. The van der Waals surface area contributed by atoms with Crippen molar-refractivity contribution >= 4 is 17.4 Å². The molecule has 0 saturated carbocycles. The standard InChI is InChI=1S/C13H11FN2O.C13H15FN2O.Al.Li.4H/c1-13(2,15-3)11-8-17-12(16-11)9-4-6-10(14)7-5-9;1-13(2,8-15)11-7-17-12(16-11)9-3-5-10(14)6-4-9;;;;;;/h4-8H,1-2H3;3-7H,8,15H2,1-2H3;;;;;;/q;;;+1;;;;-1. The first-order chi connectivity index (χ1) is 16.1. The molecule has 0 aliphatic rings. The summed E-state index contributed by atoms with van der Waals surface area (Å²) in [6.07, 6.45) is 3.07.